The molecule has 1 aromatic carbocycles. The van der Waals surface area contributed by atoms with E-state index in [2.05, 4.69) is 0 Å². The number of halogens is 1. The van der Waals surface area contributed by atoms with Crippen LogP contribution in [0.3, 0.4) is 0 Å². The lowest BCUT2D eigenvalue weighted by atomic mass is 10.3. The zero-order valence-electron chi connectivity index (χ0n) is 4.76. The SMILES string of the molecule is Nc1cccc(NF)c1. The summed E-state index contributed by atoms with van der Waals surface area (Å²) >= 11 is 0. The van der Waals surface area contributed by atoms with Gasteiger partial charge in [-0.3, -0.25) is 0 Å². The van der Waals surface area contributed by atoms with Crippen molar-refractivity contribution in [2.75, 3.05) is 11.3 Å². The third-order valence-electron chi connectivity index (χ3n) is 0.996. The van der Waals surface area contributed by atoms with Crippen LogP contribution in [0.2, 0.25) is 0 Å². The highest BCUT2D eigenvalue weighted by molar-refractivity contribution is 5.52. The normalized spacial score (nSPS) is 9.00. The van der Waals surface area contributed by atoms with E-state index < -0.39 is 0 Å². The molecule has 0 saturated carbocycles. The molecule has 0 radical (unpaired) electrons. The molecule has 2 nitrogen and oxygen atoms in total. The molecular weight excluding hydrogens is 119 g/mol. The summed E-state index contributed by atoms with van der Waals surface area (Å²) in [6, 6.07) is 6.48. The van der Waals surface area contributed by atoms with E-state index in [1.54, 1.807) is 18.2 Å². The summed E-state index contributed by atoms with van der Waals surface area (Å²) in [5.41, 5.74) is 7.75. The number of nitrogens with two attached hydrogens (primary N) is 1. The van der Waals surface area contributed by atoms with Gasteiger partial charge in [0.25, 0.3) is 0 Å². The summed E-state index contributed by atoms with van der Waals surface area (Å²) in [4.78, 5) is 0. The molecule has 3 heteroatoms. The van der Waals surface area contributed by atoms with Crippen LogP contribution in [0.1, 0.15) is 0 Å². The fourth-order valence-electron chi connectivity index (χ4n) is 0.597. The smallest absolute Gasteiger partial charge is 0.0676 e. The number of hydrogen-bond donors (Lipinski definition) is 2. The van der Waals surface area contributed by atoms with E-state index in [4.69, 9.17) is 5.73 Å². The van der Waals surface area contributed by atoms with Crippen molar-refractivity contribution >= 4 is 11.4 Å². The van der Waals surface area contributed by atoms with Crippen LogP contribution in [-0.2, 0) is 0 Å². The van der Waals surface area contributed by atoms with Gasteiger partial charge in [-0.25, -0.2) is 5.54 Å². The van der Waals surface area contributed by atoms with Crippen molar-refractivity contribution in [3.63, 3.8) is 0 Å². The molecule has 1 rings (SSSR count). The van der Waals surface area contributed by atoms with Crippen molar-refractivity contribution in [2.24, 2.45) is 0 Å². The van der Waals surface area contributed by atoms with Gasteiger partial charge in [-0.05, 0) is 18.2 Å². The van der Waals surface area contributed by atoms with Crippen LogP contribution < -0.4 is 11.3 Å². The summed E-state index contributed by atoms with van der Waals surface area (Å²) in [7, 11) is 0. The van der Waals surface area contributed by atoms with Crippen molar-refractivity contribution in [1.82, 2.24) is 0 Å². The fourth-order valence-corrected chi connectivity index (χ4v) is 0.597. The van der Waals surface area contributed by atoms with E-state index in [0.29, 0.717) is 11.4 Å². The number of nitrogens with one attached hydrogen (secondary N) is 1. The Kier molecular flexibility index (Phi) is 1.53. The first-order valence-corrected chi connectivity index (χ1v) is 2.55. The molecule has 0 unspecified atom stereocenters. The predicted molar refractivity (Wildman–Crippen MR) is 35.6 cm³/mol. The lowest BCUT2D eigenvalue weighted by Crippen LogP contribution is -1.85. The molecule has 0 aliphatic carbocycles. The average molecular weight is 126 g/mol. The molecule has 0 amide bonds. The van der Waals surface area contributed by atoms with E-state index in [0.717, 1.165) is 0 Å². The first-order chi connectivity index (χ1) is 4.33. The largest absolute Gasteiger partial charge is 0.399 e. The zero-order valence-corrected chi connectivity index (χ0v) is 4.76. The minimum Gasteiger partial charge on any atom is -0.399 e. The Bertz CT molecular complexity index is 200. The van der Waals surface area contributed by atoms with Crippen molar-refractivity contribution in [1.29, 1.82) is 0 Å². The van der Waals surface area contributed by atoms with Crippen molar-refractivity contribution in [3.05, 3.63) is 24.3 Å². The van der Waals surface area contributed by atoms with Gasteiger partial charge in [0.2, 0.25) is 0 Å². The molecule has 1 aromatic rings. The highest BCUT2D eigenvalue weighted by Crippen LogP contribution is 2.10. The molecule has 48 valence electrons. The molecule has 0 saturated heterocycles. The third kappa shape index (κ3) is 1.32. The summed E-state index contributed by atoms with van der Waals surface area (Å²) < 4.78 is 11.6. The molecule has 0 aliphatic heterocycles. The standard InChI is InChI=1S/C6H7FN2/c7-9-6-3-1-2-5(8)4-6/h1-4,9H,8H2. The van der Waals surface area contributed by atoms with Gasteiger partial charge < -0.3 is 5.73 Å². The number of anilines is 2. The van der Waals surface area contributed by atoms with Crippen LogP contribution in [0.4, 0.5) is 15.9 Å². The van der Waals surface area contributed by atoms with Crippen molar-refractivity contribution in [3.8, 4) is 0 Å². The molecule has 0 aromatic heterocycles. The number of hydrogen-bond acceptors (Lipinski definition) is 2. The first kappa shape index (κ1) is 5.88. The fraction of sp³-hybridized carbons (Fsp3) is 0. The van der Waals surface area contributed by atoms with Crippen LogP contribution in [0.25, 0.3) is 0 Å². The topological polar surface area (TPSA) is 38.0 Å². The highest BCUT2D eigenvalue weighted by Gasteiger charge is 1.87. The van der Waals surface area contributed by atoms with E-state index in [-0.39, 0.29) is 0 Å². The number of nitrogen functional groups attached to an aromatic ring is 1. The van der Waals surface area contributed by atoms with E-state index in [1.807, 2.05) is 0 Å². The highest BCUT2D eigenvalue weighted by atomic mass is 19.2. The van der Waals surface area contributed by atoms with Gasteiger partial charge in [-0.1, -0.05) is 6.07 Å². The maximum absolute atomic E-state index is 11.6. The maximum atomic E-state index is 11.6. The number of rotatable bonds is 1. The second-order valence-corrected chi connectivity index (χ2v) is 1.72. The Balaban J connectivity index is 2.94. The number of benzene rings is 1. The van der Waals surface area contributed by atoms with E-state index in [1.165, 1.54) is 11.6 Å². The van der Waals surface area contributed by atoms with Crippen LogP contribution in [0.15, 0.2) is 24.3 Å². The summed E-state index contributed by atoms with van der Waals surface area (Å²) in [6.07, 6.45) is 0. The van der Waals surface area contributed by atoms with Gasteiger partial charge in [0.05, 0.1) is 5.69 Å². The van der Waals surface area contributed by atoms with Crippen molar-refractivity contribution in [2.45, 2.75) is 0 Å². The second kappa shape index (κ2) is 2.35. The molecule has 0 atom stereocenters. The van der Waals surface area contributed by atoms with Gasteiger partial charge in [0, 0.05) is 5.69 Å². The van der Waals surface area contributed by atoms with Crippen LogP contribution in [0, 0.1) is 0 Å². The lowest BCUT2D eigenvalue weighted by molar-refractivity contribution is 0.618. The molecule has 0 spiro atoms. The van der Waals surface area contributed by atoms with Gasteiger partial charge in [-0.15, -0.1) is 4.48 Å². The van der Waals surface area contributed by atoms with Crippen molar-refractivity contribution < 1.29 is 4.48 Å². The van der Waals surface area contributed by atoms with Crippen LogP contribution in [0.5, 0.6) is 0 Å². The summed E-state index contributed by atoms with van der Waals surface area (Å²) in [6.45, 7) is 0. The van der Waals surface area contributed by atoms with Gasteiger partial charge in [0.15, 0.2) is 0 Å². The molecule has 0 heterocycles. The minimum atomic E-state index is 0.384. The summed E-state index contributed by atoms with van der Waals surface area (Å²) in [5.74, 6) is 0. The third-order valence-corrected chi connectivity index (χ3v) is 0.996. The van der Waals surface area contributed by atoms with Gasteiger partial charge in [0.1, 0.15) is 0 Å². The Hall–Kier alpha value is -1.25. The molecule has 3 N–H and O–H groups in total. The molecule has 0 aliphatic rings. The average Bonchev–Trinajstić information content (AvgIpc) is 1.88. The van der Waals surface area contributed by atoms with E-state index in [9.17, 15) is 4.48 Å². The molecule has 0 fully saturated rings. The maximum Gasteiger partial charge on any atom is 0.0676 e. The lowest BCUT2D eigenvalue weighted by Gasteiger charge is -1.95. The Morgan fingerprint density at radius 2 is 2.22 bits per heavy atom. The second-order valence-electron chi connectivity index (χ2n) is 1.72. The van der Waals surface area contributed by atoms with Gasteiger partial charge >= 0.3 is 0 Å². The quantitative estimate of drug-likeness (QED) is 0.442. The monoisotopic (exact) mass is 126 g/mol. The van der Waals surface area contributed by atoms with Crippen LogP contribution in [-0.4, -0.2) is 0 Å². The summed E-state index contributed by atoms with van der Waals surface area (Å²) in [5, 5.41) is 0. The molecule has 0 bridgehead atoms. The Labute approximate surface area is 52.4 Å². The molecule has 9 heavy (non-hydrogen) atoms. The minimum absolute atomic E-state index is 0.384. The Morgan fingerprint density at radius 3 is 2.67 bits per heavy atom. The van der Waals surface area contributed by atoms with Crippen LogP contribution >= 0.6 is 0 Å². The van der Waals surface area contributed by atoms with E-state index >= 15 is 0 Å². The zero-order chi connectivity index (χ0) is 6.69. The first-order valence-electron chi connectivity index (χ1n) is 2.55. The predicted octanol–water partition coefficient (Wildman–Crippen LogP) is 1.57. The van der Waals surface area contributed by atoms with Gasteiger partial charge in [-0.2, -0.15) is 0 Å². The Morgan fingerprint density at radius 1 is 1.44 bits per heavy atom. The molecular formula is C6H7FN2.